The summed E-state index contributed by atoms with van der Waals surface area (Å²) in [4.78, 5) is 11.9. The topological polar surface area (TPSA) is 50.4 Å². The summed E-state index contributed by atoms with van der Waals surface area (Å²) >= 11 is 0. The quantitative estimate of drug-likeness (QED) is 0.802. The Bertz CT molecular complexity index is 245. The predicted molar refractivity (Wildman–Crippen MR) is 69.5 cm³/mol. The van der Waals surface area contributed by atoms with Crippen LogP contribution in [0.25, 0.3) is 0 Å². The zero-order chi connectivity index (χ0) is 11.4. The number of carbonyl (C=O) groups excluding carboxylic acids is 1. The molecule has 1 amide bonds. The lowest BCUT2D eigenvalue weighted by Crippen LogP contribution is -2.54. The predicted octanol–water partition coefficient (Wildman–Crippen LogP) is 1.24. The summed E-state index contributed by atoms with van der Waals surface area (Å²) in [7, 11) is 0. The van der Waals surface area contributed by atoms with Crippen LogP contribution in [0.4, 0.5) is 0 Å². The number of morpholine rings is 1. The van der Waals surface area contributed by atoms with Gasteiger partial charge in [0.25, 0.3) is 0 Å². The van der Waals surface area contributed by atoms with Crippen LogP contribution in [-0.4, -0.2) is 37.2 Å². The maximum Gasteiger partial charge on any atom is 0.222 e. The smallest absolute Gasteiger partial charge is 0.222 e. The van der Waals surface area contributed by atoms with Gasteiger partial charge < -0.3 is 15.4 Å². The van der Waals surface area contributed by atoms with Gasteiger partial charge in [-0.1, -0.05) is 6.92 Å². The van der Waals surface area contributed by atoms with Crippen LogP contribution in [0.2, 0.25) is 0 Å². The first-order valence-corrected chi connectivity index (χ1v) is 6.36. The van der Waals surface area contributed by atoms with Gasteiger partial charge in [0, 0.05) is 24.5 Å². The molecule has 4 nitrogen and oxygen atoms in total. The second-order valence-electron chi connectivity index (χ2n) is 4.97. The summed E-state index contributed by atoms with van der Waals surface area (Å²) in [5.74, 6) is 0.171. The van der Waals surface area contributed by atoms with E-state index in [4.69, 9.17) is 4.74 Å². The van der Waals surface area contributed by atoms with E-state index in [0.717, 1.165) is 32.4 Å². The molecule has 5 heteroatoms. The van der Waals surface area contributed by atoms with Gasteiger partial charge >= 0.3 is 0 Å². The summed E-state index contributed by atoms with van der Waals surface area (Å²) in [6.07, 6.45) is 5.13. The number of nitrogens with one attached hydrogen (secondary N) is 2. The first-order chi connectivity index (χ1) is 7.74. The molecule has 0 aromatic heterocycles. The molecule has 1 saturated carbocycles. The van der Waals surface area contributed by atoms with E-state index in [1.54, 1.807) is 0 Å². The highest BCUT2D eigenvalue weighted by Gasteiger charge is 2.36. The SMILES string of the molecule is CCC1(NC(=O)CC2COCCN2)CCC1.Cl. The minimum absolute atomic E-state index is 0. The van der Waals surface area contributed by atoms with Crippen molar-refractivity contribution in [2.24, 2.45) is 0 Å². The van der Waals surface area contributed by atoms with Gasteiger partial charge in [-0.3, -0.25) is 4.79 Å². The fourth-order valence-electron chi connectivity index (χ4n) is 2.49. The Balaban J connectivity index is 0.00000144. The van der Waals surface area contributed by atoms with E-state index in [-0.39, 0.29) is 29.9 Å². The summed E-state index contributed by atoms with van der Waals surface area (Å²) in [5.41, 5.74) is 0.118. The van der Waals surface area contributed by atoms with Crippen molar-refractivity contribution >= 4 is 18.3 Å². The maximum absolute atomic E-state index is 11.9. The van der Waals surface area contributed by atoms with Gasteiger partial charge in [-0.25, -0.2) is 0 Å². The molecule has 0 radical (unpaired) electrons. The maximum atomic E-state index is 11.9. The van der Waals surface area contributed by atoms with Crippen molar-refractivity contribution in [3.63, 3.8) is 0 Å². The Labute approximate surface area is 109 Å². The fraction of sp³-hybridized carbons (Fsp3) is 0.917. The fourth-order valence-corrected chi connectivity index (χ4v) is 2.49. The molecule has 0 aromatic carbocycles. The molecule has 2 rings (SSSR count). The monoisotopic (exact) mass is 262 g/mol. The molecule has 2 fully saturated rings. The van der Waals surface area contributed by atoms with Gasteiger partial charge in [0.15, 0.2) is 0 Å². The van der Waals surface area contributed by atoms with E-state index in [1.807, 2.05) is 0 Å². The van der Waals surface area contributed by atoms with E-state index in [2.05, 4.69) is 17.6 Å². The van der Waals surface area contributed by atoms with Crippen LogP contribution < -0.4 is 10.6 Å². The van der Waals surface area contributed by atoms with E-state index >= 15 is 0 Å². The molecule has 2 aliphatic rings. The summed E-state index contributed by atoms with van der Waals surface area (Å²) < 4.78 is 5.34. The Morgan fingerprint density at radius 3 is 2.76 bits per heavy atom. The molecule has 1 saturated heterocycles. The van der Waals surface area contributed by atoms with Crippen LogP contribution in [0, 0.1) is 0 Å². The summed E-state index contributed by atoms with van der Waals surface area (Å²) in [6.45, 7) is 4.43. The number of rotatable bonds is 4. The molecule has 1 unspecified atom stereocenters. The first kappa shape index (κ1) is 14.7. The van der Waals surface area contributed by atoms with Crippen molar-refractivity contribution in [2.45, 2.75) is 50.6 Å². The van der Waals surface area contributed by atoms with Crippen LogP contribution in [-0.2, 0) is 9.53 Å². The number of hydrogen-bond acceptors (Lipinski definition) is 3. The lowest BCUT2D eigenvalue weighted by atomic mass is 9.75. The molecule has 0 aromatic rings. The van der Waals surface area contributed by atoms with E-state index in [1.165, 1.54) is 6.42 Å². The number of ether oxygens (including phenoxy) is 1. The van der Waals surface area contributed by atoms with Gasteiger partial charge in [-0.2, -0.15) is 0 Å². The molecule has 17 heavy (non-hydrogen) atoms. The second kappa shape index (κ2) is 6.57. The third-order valence-corrected chi connectivity index (χ3v) is 3.82. The average Bonchev–Trinajstić information content (AvgIpc) is 2.25. The largest absolute Gasteiger partial charge is 0.378 e. The average molecular weight is 263 g/mol. The van der Waals surface area contributed by atoms with Gasteiger partial charge in [-0.05, 0) is 25.7 Å². The van der Waals surface area contributed by atoms with Crippen molar-refractivity contribution in [2.75, 3.05) is 19.8 Å². The first-order valence-electron chi connectivity index (χ1n) is 6.36. The van der Waals surface area contributed by atoms with Gasteiger partial charge in [0.05, 0.1) is 13.2 Å². The Kier molecular flexibility index (Phi) is 5.70. The van der Waals surface area contributed by atoms with Crippen LogP contribution >= 0.6 is 12.4 Å². The molecule has 0 bridgehead atoms. The van der Waals surface area contributed by atoms with Crippen molar-refractivity contribution in [3.8, 4) is 0 Å². The van der Waals surface area contributed by atoms with Crippen molar-refractivity contribution < 1.29 is 9.53 Å². The van der Waals surface area contributed by atoms with E-state index in [9.17, 15) is 4.79 Å². The molecule has 1 aliphatic heterocycles. The highest BCUT2D eigenvalue weighted by atomic mass is 35.5. The zero-order valence-electron chi connectivity index (χ0n) is 10.5. The minimum Gasteiger partial charge on any atom is -0.378 e. The van der Waals surface area contributed by atoms with Crippen LogP contribution in [0.1, 0.15) is 39.0 Å². The molecule has 1 aliphatic carbocycles. The molecule has 2 N–H and O–H groups in total. The summed E-state index contributed by atoms with van der Waals surface area (Å²) in [6, 6.07) is 0.197. The van der Waals surface area contributed by atoms with E-state index in [0.29, 0.717) is 13.0 Å². The minimum atomic E-state index is 0. The highest BCUT2D eigenvalue weighted by Crippen LogP contribution is 2.34. The molecular weight excluding hydrogens is 240 g/mol. The van der Waals surface area contributed by atoms with Crippen LogP contribution in [0.5, 0.6) is 0 Å². The molecule has 0 spiro atoms. The highest BCUT2D eigenvalue weighted by molar-refractivity contribution is 5.85. The Hall–Kier alpha value is -0.320. The molecular formula is C12H23ClN2O2. The Morgan fingerprint density at radius 2 is 2.29 bits per heavy atom. The van der Waals surface area contributed by atoms with Crippen molar-refractivity contribution in [3.05, 3.63) is 0 Å². The third kappa shape index (κ3) is 3.83. The second-order valence-corrected chi connectivity index (χ2v) is 4.97. The standard InChI is InChI=1S/C12H22N2O2.ClH/c1-2-12(4-3-5-12)14-11(15)8-10-9-16-7-6-13-10;/h10,13H,2-9H2,1H3,(H,14,15);1H. The third-order valence-electron chi connectivity index (χ3n) is 3.82. The molecule has 1 atom stereocenters. The van der Waals surface area contributed by atoms with E-state index < -0.39 is 0 Å². The molecule has 1 heterocycles. The number of amides is 1. The van der Waals surface area contributed by atoms with Crippen LogP contribution in [0.15, 0.2) is 0 Å². The van der Waals surface area contributed by atoms with Gasteiger partial charge in [0.2, 0.25) is 5.91 Å². The molecule has 100 valence electrons. The summed E-state index contributed by atoms with van der Waals surface area (Å²) in [5, 5.41) is 6.50. The lowest BCUT2D eigenvalue weighted by Gasteiger charge is -2.42. The Morgan fingerprint density at radius 1 is 1.53 bits per heavy atom. The van der Waals surface area contributed by atoms with Gasteiger partial charge in [0.1, 0.15) is 0 Å². The number of hydrogen-bond donors (Lipinski definition) is 2. The lowest BCUT2D eigenvalue weighted by molar-refractivity contribution is -0.125. The van der Waals surface area contributed by atoms with Crippen molar-refractivity contribution in [1.82, 2.24) is 10.6 Å². The van der Waals surface area contributed by atoms with Crippen molar-refractivity contribution in [1.29, 1.82) is 0 Å². The zero-order valence-corrected chi connectivity index (χ0v) is 11.3. The number of carbonyl (C=O) groups is 1. The number of halogens is 1. The normalized spacial score (nSPS) is 26.5. The van der Waals surface area contributed by atoms with Crippen LogP contribution in [0.3, 0.4) is 0 Å². The van der Waals surface area contributed by atoms with Gasteiger partial charge in [-0.15, -0.1) is 12.4 Å².